The molecule has 0 unspecified atom stereocenters. The third-order valence-corrected chi connectivity index (χ3v) is 7.71. The summed E-state index contributed by atoms with van der Waals surface area (Å²) in [5, 5.41) is 1.00. The molecule has 2 aromatic carbocycles. The Morgan fingerprint density at radius 3 is 2.36 bits per heavy atom. The van der Waals surface area contributed by atoms with Crippen LogP contribution in [0.1, 0.15) is 22.4 Å². The molecule has 0 aliphatic heterocycles. The number of nitrogens with one attached hydrogen (secondary N) is 2. The molecule has 0 amide bonds. The molecule has 0 fully saturated rings. The summed E-state index contributed by atoms with van der Waals surface area (Å²) in [7, 11) is -7.58. The highest BCUT2D eigenvalue weighted by Crippen LogP contribution is 2.28. The van der Waals surface area contributed by atoms with E-state index >= 15 is 0 Å². The SMILES string of the molecule is Cc1cc(CNS(=O)(=O)c2cc(S(C)(=O)=O)ccc2Cl)c2[nH]c(C)c(C)c2c1. The molecule has 0 radical (unpaired) electrons. The maximum Gasteiger partial charge on any atom is 0.242 e. The van der Waals surface area contributed by atoms with E-state index in [1.165, 1.54) is 12.1 Å². The molecule has 1 aromatic heterocycles. The molecule has 150 valence electrons. The Labute approximate surface area is 169 Å². The minimum absolute atomic E-state index is 0.0409. The van der Waals surface area contributed by atoms with E-state index in [0.29, 0.717) is 0 Å². The molecule has 9 heteroatoms. The van der Waals surface area contributed by atoms with Gasteiger partial charge in [0.2, 0.25) is 10.0 Å². The molecule has 0 atom stereocenters. The van der Waals surface area contributed by atoms with Crippen molar-refractivity contribution in [2.75, 3.05) is 6.26 Å². The Balaban J connectivity index is 1.99. The van der Waals surface area contributed by atoms with Crippen LogP contribution in [0.3, 0.4) is 0 Å². The van der Waals surface area contributed by atoms with Crippen molar-refractivity contribution in [1.29, 1.82) is 0 Å². The Morgan fingerprint density at radius 2 is 1.71 bits per heavy atom. The first-order chi connectivity index (χ1) is 12.9. The number of benzene rings is 2. The molecule has 3 aromatic rings. The Kier molecular flexibility index (Phi) is 5.35. The number of fused-ring (bicyclic) bond motifs is 1. The molecule has 3 rings (SSSR count). The van der Waals surface area contributed by atoms with Crippen LogP contribution in [0.5, 0.6) is 0 Å². The van der Waals surface area contributed by atoms with Crippen molar-refractivity contribution in [3.05, 3.63) is 57.7 Å². The highest BCUT2D eigenvalue weighted by atomic mass is 35.5. The molecule has 6 nitrogen and oxygen atoms in total. The van der Waals surface area contributed by atoms with Crippen molar-refractivity contribution in [1.82, 2.24) is 9.71 Å². The van der Waals surface area contributed by atoms with Gasteiger partial charge in [-0.15, -0.1) is 0 Å². The molecule has 2 N–H and O–H groups in total. The number of sulfone groups is 1. The van der Waals surface area contributed by atoms with Gasteiger partial charge in [-0.25, -0.2) is 21.6 Å². The van der Waals surface area contributed by atoms with E-state index in [1.54, 1.807) is 0 Å². The van der Waals surface area contributed by atoms with Crippen LogP contribution >= 0.6 is 11.6 Å². The van der Waals surface area contributed by atoms with E-state index in [9.17, 15) is 16.8 Å². The summed E-state index contributed by atoms with van der Waals surface area (Å²) >= 11 is 6.04. The predicted molar refractivity (Wildman–Crippen MR) is 111 cm³/mol. The van der Waals surface area contributed by atoms with Gasteiger partial charge < -0.3 is 4.98 Å². The average molecular weight is 441 g/mol. The summed E-state index contributed by atoms with van der Waals surface area (Å²) in [4.78, 5) is 2.93. The second kappa shape index (κ2) is 7.18. The molecule has 0 saturated carbocycles. The number of sulfonamides is 1. The second-order valence-electron chi connectivity index (χ2n) is 6.91. The first kappa shape index (κ1) is 20.9. The van der Waals surface area contributed by atoms with Gasteiger partial charge in [0.15, 0.2) is 9.84 Å². The fourth-order valence-corrected chi connectivity index (χ4v) is 5.35. The third-order valence-electron chi connectivity index (χ3n) is 4.72. The number of rotatable bonds is 5. The standard InChI is InChI=1S/C19H21ClN2O4S2/c1-11-7-14(19-16(8-11)12(2)13(3)22-19)10-21-28(25,26)18-9-15(27(4,23)24)5-6-17(18)20/h5-9,21-22H,10H2,1-4H3. The van der Waals surface area contributed by atoms with Crippen molar-refractivity contribution >= 4 is 42.4 Å². The number of aryl methyl sites for hydroxylation is 3. The normalized spacial score (nSPS) is 12.6. The summed E-state index contributed by atoms with van der Waals surface area (Å²) < 4.78 is 51.6. The summed E-state index contributed by atoms with van der Waals surface area (Å²) in [5.74, 6) is 0. The smallest absolute Gasteiger partial charge is 0.242 e. The first-order valence-corrected chi connectivity index (χ1v) is 12.2. The van der Waals surface area contributed by atoms with Crippen molar-refractivity contribution < 1.29 is 16.8 Å². The minimum atomic E-state index is -4.02. The van der Waals surface area contributed by atoms with E-state index in [0.717, 1.165) is 45.6 Å². The van der Waals surface area contributed by atoms with E-state index in [4.69, 9.17) is 11.6 Å². The van der Waals surface area contributed by atoms with Gasteiger partial charge in [-0.3, -0.25) is 0 Å². The third kappa shape index (κ3) is 3.96. The molecule has 0 spiro atoms. The lowest BCUT2D eigenvalue weighted by Gasteiger charge is -2.11. The predicted octanol–water partition coefficient (Wildman–Crippen LogP) is 3.63. The summed E-state index contributed by atoms with van der Waals surface area (Å²) in [5.41, 5.74) is 4.82. The van der Waals surface area contributed by atoms with E-state index in [1.807, 2.05) is 26.8 Å². The molecule has 1 heterocycles. The van der Waals surface area contributed by atoms with E-state index in [-0.39, 0.29) is 21.4 Å². The molecule has 0 bridgehead atoms. The molecule has 0 saturated heterocycles. The minimum Gasteiger partial charge on any atom is -0.358 e. The van der Waals surface area contributed by atoms with Gasteiger partial charge in [0.05, 0.1) is 15.4 Å². The number of halogens is 1. The number of hydrogen-bond donors (Lipinski definition) is 2. The first-order valence-electron chi connectivity index (χ1n) is 8.48. The summed E-state index contributed by atoms with van der Waals surface area (Å²) in [6.07, 6.45) is 1.01. The van der Waals surface area contributed by atoms with E-state index in [2.05, 4.69) is 15.8 Å². The summed E-state index contributed by atoms with van der Waals surface area (Å²) in [6, 6.07) is 7.60. The fourth-order valence-electron chi connectivity index (χ4n) is 3.10. The van der Waals surface area contributed by atoms with Crippen molar-refractivity contribution in [3.8, 4) is 0 Å². The molecule has 0 aliphatic rings. The van der Waals surface area contributed by atoms with Gasteiger partial charge in [-0.1, -0.05) is 23.2 Å². The van der Waals surface area contributed by atoms with Gasteiger partial charge in [0, 0.05) is 23.9 Å². The molecular weight excluding hydrogens is 420 g/mol. The highest BCUT2D eigenvalue weighted by molar-refractivity contribution is 7.91. The number of H-pyrrole nitrogens is 1. The van der Waals surface area contributed by atoms with Gasteiger partial charge in [0.25, 0.3) is 0 Å². The van der Waals surface area contributed by atoms with Crippen LogP contribution in [-0.4, -0.2) is 28.1 Å². The highest BCUT2D eigenvalue weighted by Gasteiger charge is 2.21. The van der Waals surface area contributed by atoms with Gasteiger partial charge in [-0.2, -0.15) is 0 Å². The van der Waals surface area contributed by atoms with Crippen LogP contribution in [0.4, 0.5) is 0 Å². The van der Waals surface area contributed by atoms with Crippen molar-refractivity contribution in [2.45, 2.75) is 37.1 Å². The van der Waals surface area contributed by atoms with Crippen LogP contribution in [-0.2, 0) is 26.4 Å². The maximum absolute atomic E-state index is 12.8. The van der Waals surface area contributed by atoms with E-state index < -0.39 is 19.9 Å². The molecule has 0 aliphatic carbocycles. The maximum atomic E-state index is 12.8. The monoisotopic (exact) mass is 440 g/mol. The van der Waals surface area contributed by atoms with Crippen LogP contribution in [0.25, 0.3) is 10.9 Å². The van der Waals surface area contributed by atoms with Gasteiger partial charge in [0.1, 0.15) is 4.90 Å². The summed E-state index contributed by atoms with van der Waals surface area (Å²) in [6.45, 7) is 5.97. The Bertz CT molecular complexity index is 1290. The Hall–Kier alpha value is -1.87. The quantitative estimate of drug-likeness (QED) is 0.633. The lowest BCUT2D eigenvalue weighted by atomic mass is 10.1. The van der Waals surface area contributed by atoms with Crippen LogP contribution in [0.15, 0.2) is 40.1 Å². The fraction of sp³-hybridized carbons (Fsp3) is 0.263. The van der Waals surface area contributed by atoms with Crippen LogP contribution < -0.4 is 4.72 Å². The number of aromatic amines is 1. The van der Waals surface area contributed by atoms with Crippen LogP contribution in [0, 0.1) is 20.8 Å². The second-order valence-corrected chi connectivity index (χ2v) is 11.1. The zero-order valence-corrected chi connectivity index (χ0v) is 18.3. The lowest BCUT2D eigenvalue weighted by Crippen LogP contribution is -2.24. The topological polar surface area (TPSA) is 96.1 Å². The number of hydrogen-bond acceptors (Lipinski definition) is 4. The van der Waals surface area contributed by atoms with Gasteiger partial charge in [-0.05, 0) is 56.2 Å². The average Bonchev–Trinajstić information content (AvgIpc) is 2.87. The molecule has 28 heavy (non-hydrogen) atoms. The molecular formula is C19H21ClN2O4S2. The zero-order valence-electron chi connectivity index (χ0n) is 15.9. The van der Waals surface area contributed by atoms with Crippen LogP contribution in [0.2, 0.25) is 5.02 Å². The zero-order chi connectivity index (χ0) is 20.9. The lowest BCUT2D eigenvalue weighted by molar-refractivity contribution is 0.581. The largest absolute Gasteiger partial charge is 0.358 e. The van der Waals surface area contributed by atoms with Crippen molar-refractivity contribution in [3.63, 3.8) is 0 Å². The number of aromatic nitrogens is 1. The Morgan fingerprint density at radius 1 is 1.04 bits per heavy atom. The van der Waals surface area contributed by atoms with Crippen molar-refractivity contribution in [2.24, 2.45) is 0 Å². The van der Waals surface area contributed by atoms with Gasteiger partial charge >= 0.3 is 0 Å².